The molecule has 0 aliphatic heterocycles. The van der Waals surface area contributed by atoms with Crippen molar-refractivity contribution >= 4 is 11.5 Å². The molecule has 0 heterocycles. The van der Waals surface area contributed by atoms with E-state index in [-0.39, 0.29) is 0 Å². The Hall–Kier alpha value is -1.77. The van der Waals surface area contributed by atoms with Crippen LogP contribution in [0.3, 0.4) is 0 Å². The fourth-order valence-corrected chi connectivity index (χ4v) is 1.42. The van der Waals surface area contributed by atoms with Gasteiger partial charge in [-0.3, -0.25) is 0 Å². The van der Waals surface area contributed by atoms with Crippen LogP contribution in [0.5, 0.6) is 5.75 Å². The average molecular weight is 234 g/mol. The third-order valence-corrected chi connectivity index (χ3v) is 2.42. The van der Waals surface area contributed by atoms with Gasteiger partial charge in [-0.05, 0) is 36.6 Å². The molecule has 1 N–H and O–H groups in total. The Morgan fingerprint density at radius 2 is 2.00 bits per heavy atom. The summed E-state index contributed by atoms with van der Waals surface area (Å²) in [7, 11) is 0. The van der Waals surface area contributed by atoms with Gasteiger partial charge < -0.3 is 9.84 Å². The quantitative estimate of drug-likeness (QED) is 0.606. The summed E-state index contributed by atoms with van der Waals surface area (Å²) in [5.41, 5.74) is 1.63. The molecular weight excluding hydrogens is 216 g/mol. The molecule has 0 aromatic heterocycles. The van der Waals surface area contributed by atoms with E-state index in [9.17, 15) is 4.79 Å². The minimum Gasteiger partial charge on any atom is -0.494 e. The number of hydrogen-bond donors (Lipinski definition) is 1. The number of hydrogen-bond acceptors (Lipinski definition) is 2. The predicted octanol–water partition coefficient (Wildman–Crippen LogP) is 3.35. The molecule has 1 aromatic rings. The molecule has 3 heteroatoms. The van der Waals surface area contributed by atoms with E-state index in [2.05, 4.69) is 6.92 Å². The van der Waals surface area contributed by atoms with Gasteiger partial charge in [0.25, 0.3) is 0 Å². The van der Waals surface area contributed by atoms with Gasteiger partial charge >= 0.3 is 5.97 Å². The summed E-state index contributed by atoms with van der Waals surface area (Å²) in [5, 5.41) is 8.64. The van der Waals surface area contributed by atoms with Crippen molar-refractivity contribution in [3.05, 3.63) is 35.9 Å². The molecule has 0 saturated heterocycles. The lowest BCUT2D eigenvalue weighted by Gasteiger charge is -2.06. The number of carbonyl (C=O) groups is 1. The molecule has 0 fully saturated rings. The maximum atomic E-state index is 10.5. The van der Waals surface area contributed by atoms with Gasteiger partial charge in [0.05, 0.1) is 6.61 Å². The molecule has 0 atom stereocenters. The van der Waals surface area contributed by atoms with Crippen molar-refractivity contribution in [2.75, 3.05) is 6.61 Å². The highest BCUT2D eigenvalue weighted by molar-refractivity contribution is 5.89. The van der Waals surface area contributed by atoms with Crippen molar-refractivity contribution in [3.8, 4) is 5.75 Å². The van der Waals surface area contributed by atoms with Gasteiger partial charge in [0.15, 0.2) is 0 Å². The number of benzene rings is 1. The molecule has 1 aromatic carbocycles. The molecule has 0 spiro atoms. The van der Waals surface area contributed by atoms with Crippen LogP contribution in [0, 0.1) is 0 Å². The SMILES string of the molecule is CCCCOc1ccc(/C(C)=C/C(=O)O)cc1. The molecule has 0 aliphatic rings. The number of allylic oxidation sites excluding steroid dienone is 1. The number of unbranched alkanes of at least 4 members (excludes halogenated alkanes) is 1. The summed E-state index contributed by atoms with van der Waals surface area (Å²) in [6.45, 7) is 4.62. The first-order valence-electron chi connectivity index (χ1n) is 5.78. The molecule has 0 unspecified atom stereocenters. The Balaban J connectivity index is 2.64. The van der Waals surface area contributed by atoms with E-state index in [4.69, 9.17) is 9.84 Å². The van der Waals surface area contributed by atoms with Crippen LogP contribution >= 0.6 is 0 Å². The van der Waals surface area contributed by atoms with E-state index < -0.39 is 5.97 Å². The van der Waals surface area contributed by atoms with Crippen LogP contribution in [0.25, 0.3) is 5.57 Å². The highest BCUT2D eigenvalue weighted by Crippen LogP contribution is 2.18. The van der Waals surface area contributed by atoms with Gasteiger partial charge in [-0.25, -0.2) is 4.79 Å². The average Bonchev–Trinajstić information content (AvgIpc) is 2.29. The van der Waals surface area contributed by atoms with Crippen molar-refractivity contribution in [2.45, 2.75) is 26.7 Å². The van der Waals surface area contributed by atoms with E-state index in [0.717, 1.165) is 36.3 Å². The monoisotopic (exact) mass is 234 g/mol. The van der Waals surface area contributed by atoms with Crippen LogP contribution in [-0.4, -0.2) is 17.7 Å². The van der Waals surface area contributed by atoms with Gasteiger partial charge in [0.2, 0.25) is 0 Å². The summed E-state index contributed by atoms with van der Waals surface area (Å²) >= 11 is 0. The largest absolute Gasteiger partial charge is 0.494 e. The van der Waals surface area contributed by atoms with Gasteiger partial charge in [0, 0.05) is 6.08 Å². The predicted molar refractivity (Wildman–Crippen MR) is 68.1 cm³/mol. The lowest BCUT2D eigenvalue weighted by Crippen LogP contribution is -1.96. The Morgan fingerprint density at radius 3 is 2.53 bits per heavy atom. The molecule has 0 bridgehead atoms. The minimum absolute atomic E-state index is 0.722. The summed E-state index contributed by atoms with van der Waals surface area (Å²) in [6.07, 6.45) is 3.35. The lowest BCUT2D eigenvalue weighted by molar-refractivity contribution is -0.131. The van der Waals surface area contributed by atoms with E-state index in [1.807, 2.05) is 24.3 Å². The third kappa shape index (κ3) is 4.72. The maximum absolute atomic E-state index is 10.5. The number of ether oxygens (including phenoxy) is 1. The van der Waals surface area contributed by atoms with E-state index in [1.54, 1.807) is 6.92 Å². The fourth-order valence-electron chi connectivity index (χ4n) is 1.42. The maximum Gasteiger partial charge on any atom is 0.328 e. The van der Waals surface area contributed by atoms with Crippen LogP contribution in [0.2, 0.25) is 0 Å². The topological polar surface area (TPSA) is 46.5 Å². The van der Waals surface area contributed by atoms with E-state index in [0.29, 0.717) is 0 Å². The zero-order valence-corrected chi connectivity index (χ0v) is 10.3. The van der Waals surface area contributed by atoms with Gasteiger partial charge in [0.1, 0.15) is 5.75 Å². The Bertz CT molecular complexity index is 390. The number of carboxylic acids is 1. The van der Waals surface area contributed by atoms with Gasteiger partial charge in [-0.1, -0.05) is 25.5 Å². The molecule has 0 radical (unpaired) electrons. The third-order valence-electron chi connectivity index (χ3n) is 2.42. The van der Waals surface area contributed by atoms with Crippen LogP contribution in [0.15, 0.2) is 30.3 Å². The highest BCUT2D eigenvalue weighted by Gasteiger charge is 1.99. The zero-order chi connectivity index (χ0) is 12.7. The first-order chi connectivity index (χ1) is 8.13. The summed E-state index contributed by atoms with van der Waals surface area (Å²) in [5.74, 6) is -0.101. The summed E-state index contributed by atoms with van der Waals surface area (Å²) in [4.78, 5) is 10.5. The van der Waals surface area contributed by atoms with Crippen LogP contribution < -0.4 is 4.74 Å². The lowest BCUT2D eigenvalue weighted by atomic mass is 10.1. The van der Waals surface area contributed by atoms with Crippen molar-refractivity contribution in [1.29, 1.82) is 0 Å². The number of rotatable bonds is 6. The van der Waals surface area contributed by atoms with Crippen molar-refractivity contribution < 1.29 is 14.6 Å². The highest BCUT2D eigenvalue weighted by atomic mass is 16.5. The van der Waals surface area contributed by atoms with Gasteiger partial charge in [-0.2, -0.15) is 0 Å². The number of carboxylic acid groups (broad SMARTS) is 1. The second kappa shape index (κ2) is 6.74. The first-order valence-corrected chi connectivity index (χ1v) is 5.78. The Morgan fingerprint density at radius 1 is 1.35 bits per heavy atom. The fraction of sp³-hybridized carbons (Fsp3) is 0.357. The Labute approximate surface area is 102 Å². The zero-order valence-electron chi connectivity index (χ0n) is 10.3. The summed E-state index contributed by atoms with van der Waals surface area (Å²) < 4.78 is 5.53. The van der Waals surface area contributed by atoms with Crippen molar-refractivity contribution in [2.24, 2.45) is 0 Å². The number of aliphatic carboxylic acids is 1. The van der Waals surface area contributed by atoms with Crippen LogP contribution in [-0.2, 0) is 4.79 Å². The van der Waals surface area contributed by atoms with Crippen LogP contribution in [0.1, 0.15) is 32.3 Å². The molecule has 3 nitrogen and oxygen atoms in total. The first kappa shape index (κ1) is 13.3. The smallest absolute Gasteiger partial charge is 0.328 e. The standard InChI is InChI=1S/C14H18O3/c1-3-4-9-17-13-7-5-12(6-8-13)11(2)10-14(15)16/h5-8,10H,3-4,9H2,1-2H3,(H,15,16)/b11-10+. The van der Waals surface area contributed by atoms with Gasteiger partial charge in [-0.15, -0.1) is 0 Å². The van der Waals surface area contributed by atoms with E-state index >= 15 is 0 Å². The summed E-state index contributed by atoms with van der Waals surface area (Å²) in [6, 6.07) is 7.47. The van der Waals surface area contributed by atoms with Crippen LogP contribution in [0.4, 0.5) is 0 Å². The minimum atomic E-state index is -0.925. The Kier molecular flexibility index (Phi) is 5.27. The molecule has 0 aliphatic carbocycles. The molecule has 17 heavy (non-hydrogen) atoms. The second-order valence-corrected chi connectivity index (χ2v) is 3.89. The van der Waals surface area contributed by atoms with E-state index in [1.165, 1.54) is 6.08 Å². The molecule has 1 rings (SSSR count). The van der Waals surface area contributed by atoms with Crippen molar-refractivity contribution in [3.63, 3.8) is 0 Å². The molecule has 0 saturated carbocycles. The normalized spacial score (nSPS) is 11.3. The van der Waals surface area contributed by atoms with Crippen molar-refractivity contribution in [1.82, 2.24) is 0 Å². The molecule has 92 valence electrons. The second-order valence-electron chi connectivity index (χ2n) is 3.89. The molecule has 0 amide bonds. The molecular formula is C14H18O3.